The molecule has 1 heteroatoms. The maximum atomic E-state index is 3.78. The highest BCUT2D eigenvalue weighted by molar-refractivity contribution is 5.70. The van der Waals surface area contributed by atoms with Gasteiger partial charge in [-0.2, -0.15) is 0 Å². The quantitative estimate of drug-likeness (QED) is 0.712. The molecule has 0 aromatic heterocycles. The minimum absolute atomic E-state index is 0. The van der Waals surface area contributed by atoms with Crippen molar-refractivity contribution in [1.29, 1.82) is 0 Å². The summed E-state index contributed by atoms with van der Waals surface area (Å²) in [5.74, 6) is 0. The van der Waals surface area contributed by atoms with Crippen LogP contribution in [0.5, 0.6) is 0 Å². The molecule has 0 saturated heterocycles. The van der Waals surface area contributed by atoms with Crippen LogP contribution < -0.4 is 6.15 Å². The van der Waals surface area contributed by atoms with Gasteiger partial charge in [-0.3, -0.25) is 0 Å². The van der Waals surface area contributed by atoms with Gasteiger partial charge in [0, 0.05) is 0 Å². The Morgan fingerprint density at radius 2 is 2.14 bits per heavy atom. The molecule has 0 fully saturated rings. The van der Waals surface area contributed by atoms with Gasteiger partial charge in [0.05, 0.1) is 0 Å². The second-order valence-electron chi connectivity index (χ2n) is 3.55. The Balaban J connectivity index is 0.000000980. The van der Waals surface area contributed by atoms with Crippen LogP contribution in [0.1, 0.15) is 30.0 Å². The molecule has 1 aromatic carbocycles. The molecule has 1 aliphatic rings. The first-order valence-electron chi connectivity index (χ1n) is 4.74. The first-order chi connectivity index (χ1) is 6.31. The van der Waals surface area contributed by atoms with Crippen molar-refractivity contribution < 1.29 is 0 Å². The Hall–Kier alpha value is -1.34. The van der Waals surface area contributed by atoms with Gasteiger partial charge in [0.15, 0.2) is 0 Å². The van der Waals surface area contributed by atoms with Crippen molar-refractivity contribution in [2.75, 3.05) is 0 Å². The van der Waals surface area contributed by atoms with Crippen molar-refractivity contribution in [2.45, 2.75) is 19.8 Å². The average molecular weight is 187 g/mol. The summed E-state index contributed by atoms with van der Waals surface area (Å²) in [6, 6.07) is 6.59. The SMILES string of the molecule is C=Cc1ccc2c(c1)CCC=C2C.N. The number of hydrogen-bond donors (Lipinski definition) is 1. The number of fused-ring (bicyclic) bond motifs is 1. The number of benzene rings is 1. The fourth-order valence-corrected chi connectivity index (χ4v) is 1.89. The minimum Gasteiger partial charge on any atom is -0.344 e. The Morgan fingerprint density at radius 1 is 1.36 bits per heavy atom. The molecule has 14 heavy (non-hydrogen) atoms. The smallest absolute Gasteiger partial charge is 0.0198 e. The van der Waals surface area contributed by atoms with Crippen LogP contribution in [0.3, 0.4) is 0 Å². The summed E-state index contributed by atoms with van der Waals surface area (Å²) in [4.78, 5) is 0. The molecule has 2 rings (SSSR count). The summed E-state index contributed by atoms with van der Waals surface area (Å²) in [6.07, 6.45) is 6.58. The first-order valence-corrected chi connectivity index (χ1v) is 4.74. The Labute approximate surface area is 85.7 Å². The molecule has 1 nitrogen and oxygen atoms in total. The third-order valence-electron chi connectivity index (χ3n) is 2.65. The van der Waals surface area contributed by atoms with E-state index in [9.17, 15) is 0 Å². The molecule has 0 bridgehead atoms. The third-order valence-corrected chi connectivity index (χ3v) is 2.65. The van der Waals surface area contributed by atoms with E-state index in [0.29, 0.717) is 0 Å². The van der Waals surface area contributed by atoms with Crippen molar-refractivity contribution in [3.8, 4) is 0 Å². The lowest BCUT2D eigenvalue weighted by molar-refractivity contribution is 0.974. The van der Waals surface area contributed by atoms with E-state index in [1.807, 2.05) is 6.08 Å². The fraction of sp³-hybridized carbons (Fsp3) is 0.231. The van der Waals surface area contributed by atoms with Crippen molar-refractivity contribution in [2.24, 2.45) is 0 Å². The van der Waals surface area contributed by atoms with Gasteiger partial charge in [0.1, 0.15) is 0 Å². The molecule has 0 aliphatic heterocycles. The Morgan fingerprint density at radius 3 is 2.86 bits per heavy atom. The molecule has 0 spiro atoms. The maximum Gasteiger partial charge on any atom is -0.0198 e. The molecule has 0 unspecified atom stereocenters. The molecule has 0 saturated carbocycles. The van der Waals surface area contributed by atoms with Crippen molar-refractivity contribution in [3.05, 3.63) is 47.5 Å². The first kappa shape index (κ1) is 10.7. The summed E-state index contributed by atoms with van der Waals surface area (Å²) in [6.45, 7) is 5.97. The zero-order valence-electron chi connectivity index (χ0n) is 8.72. The zero-order chi connectivity index (χ0) is 9.26. The highest BCUT2D eigenvalue weighted by atomic mass is 14.1. The van der Waals surface area contributed by atoms with Crippen LogP contribution in [0.15, 0.2) is 30.9 Å². The molecule has 0 atom stereocenters. The monoisotopic (exact) mass is 187 g/mol. The lowest BCUT2D eigenvalue weighted by Gasteiger charge is -2.15. The molecule has 0 heterocycles. The van der Waals surface area contributed by atoms with Crippen molar-refractivity contribution in [3.63, 3.8) is 0 Å². The summed E-state index contributed by atoms with van der Waals surface area (Å²) < 4.78 is 0. The summed E-state index contributed by atoms with van der Waals surface area (Å²) in [7, 11) is 0. The average Bonchev–Trinajstić information content (AvgIpc) is 2.18. The van der Waals surface area contributed by atoms with Crippen LogP contribution in [0.25, 0.3) is 11.6 Å². The van der Waals surface area contributed by atoms with Gasteiger partial charge in [-0.15, -0.1) is 0 Å². The lowest BCUT2D eigenvalue weighted by atomic mass is 9.90. The normalized spacial score (nSPS) is 13.6. The predicted octanol–water partition coefficient (Wildman–Crippen LogP) is 3.84. The Kier molecular flexibility index (Phi) is 3.26. The second kappa shape index (κ2) is 4.25. The van der Waals surface area contributed by atoms with Crippen LogP contribution in [0.4, 0.5) is 0 Å². The molecule has 1 aliphatic carbocycles. The third kappa shape index (κ3) is 1.78. The molecule has 3 N–H and O–H groups in total. The largest absolute Gasteiger partial charge is 0.344 e. The van der Waals surface area contributed by atoms with Gasteiger partial charge in [0.2, 0.25) is 0 Å². The van der Waals surface area contributed by atoms with Crippen LogP contribution >= 0.6 is 0 Å². The van der Waals surface area contributed by atoms with Gasteiger partial charge >= 0.3 is 0 Å². The van der Waals surface area contributed by atoms with Crippen LogP contribution in [-0.2, 0) is 6.42 Å². The fourth-order valence-electron chi connectivity index (χ4n) is 1.89. The zero-order valence-corrected chi connectivity index (χ0v) is 8.72. The highest BCUT2D eigenvalue weighted by Gasteiger charge is 2.08. The molecule has 74 valence electrons. The van der Waals surface area contributed by atoms with E-state index in [-0.39, 0.29) is 6.15 Å². The molecule has 0 radical (unpaired) electrons. The van der Waals surface area contributed by atoms with E-state index in [4.69, 9.17) is 0 Å². The Bertz CT molecular complexity index is 375. The predicted molar refractivity (Wildman–Crippen MR) is 63.5 cm³/mol. The summed E-state index contributed by atoms with van der Waals surface area (Å²) in [5.41, 5.74) is 5.53. The van der Waals surface area contributed by atoms with E-state index in [1.54, 1.807) is 0 Å². The van der Waals surface area contributed by atoms with E-state index in [1.165, 1.54) is 35.1 Å². The van der Waals surface area contributed by atoms with Crippen molar-refractivity contribution in [1.82, 2.24) is 6.15 Å². The molecular formula is C13H17N. The van der Waals surface area contributed by atoms with E-state index >= 15 is 0 Å². The topological polar surface area (TPSA) is 35.0 Å². The second-order valence-corrected chi connectivity index (χ2v) is 3.55. The maximum absolute atomic E-state index is 3.78. The molecule has 0 amide bonds. The van der Waals surface area contributed by atoms with Gasteiger partial charge in [-0.05, 0) is 42.0 Å². The lowest BCUT2D eigenvalue weighted by Crippen LogP contribution is -1.97. The number of allylic oxidation sites excluding steroid dienone is 2. The van der Waals surface area contributed by atoms with Gasteiger partial charge in [-0.1, -0.05) is 36.9 Å². The van der Waals surface area contributed by atoms with Gasteiger partial charge in [0.25, 0.3) is 0 Å². The van der Waals surface area contributed by atoms with E-state index < -0.39 is 0 Å². The molecular weight excluding hydrogens is 170 g/mol. The molecule has 1 aromatic rings. The van der Waals surface area contributed by atoms with Gasteiger partial charge in [-0.25, -0.2) is 0 Å². The highest BCUT2D eigenvalue weighted by Crippen LogP contribution is 2.26. The minimum atomic E-state index is 0. The number of rotatable bonds is 1. The van der Waals surface area contributed by atoms with E-state index in [0.717, 1.165) is 0 Å². The van der Waals surface area contributed by atoms with Crippen LogP contribution in [0.2, 0.25) is 0 Å². The van der Waals surface area contributed by atoms with Crippen molar-refractivity contribution >= 4 is 11.6 Å². The standard InChI is InChI=1S/C13H14.H3N/c1-3-11-7-8-13-10(2)5-4-6-12(13)9-11;/h3,5,7-9H,1,4,6H2,2H3;1H3. The van der Waals surface area contributed by atoms with Crippen LogP contribution in [-0.4, -0.2) is 0 Å². The number of hydrogen-bond acceptors (Lipinski definition) is 1. The summed E-state index contributed by atoms with van der Waals surface area (Å²) >= 11 is 0. The summed E-state index contributed by atoms with van der Waals surface area (Å²) in [5, 5.41) is 0. The van der Waals surface area contributed by atoms with E-state index in [2.05, 4.69) is 37.8 Å². The van der Waals surface area contributed by atoms with Gasteiger partial charge < -0.3 is 6.15 Å². The van der Waals surface area contributed by atoms with Crippen LogP contribution in [0, 0.1) is 0 Å². The number of aryl methyl sites for hydroxylation is 1.